The van der Waals surface area contributed by atoms with Gasteiger partial charge in [0.05, 0.1) is 35.2 Å². The number of nitriles is 1. The van der Waals surface area contributed by atoms with Crippen LogP contribution in [0.25, 0.3) is 0 Å². The number of aromatic nitrogens is 3. The summed E-state index contributed by atoms with van der Waals surface area (Å²) in [6.45, 7) is 14.5. The highest BCUT2D eigenvalue weighted by Crippen LogP contribution is 2.29. The Morgan fingerprint density at radius 2 is 1.64 bits per heavy atom. The second-order valence-electron chi connectivity index (χ2n) is 9.60. The average Bonchev–Trinajstić information content (AvgIpc) is 3.41. The fourth-order valence-corrected chi connectivity index (χ4v) is 6.13. The lowest BCUT2D eigenvalue weighted by atomic mass is 10.2. The first-order valence-corrected chi connectivity index (χ1v) is 13.5. The lowest BCUT2D eigenvalue weighted by Crippen LogP contribution is -2.49. The van der Waals surface area contributed by atoms with Gasteiger partial charge in [-0.25, -0.2) is 15.0 Å². The van der Waals surface area contributed by atoms with Gasteiger partial charge in [-0.05, 0) is 12.1 Å². The lowest BCUT2D eigenvalue weighted by molar-refractivity contribution is -0.952. The van der Waals surface area contributed by atoms with Crippen LogP contribution in [0.15, 0.2) is 29.1 Å². The molecule has 1 saturated heterocycles. The Bertz CT molecular complexity index is 1060. The molecule has 0 saturated carbocycles. The van der Waals surface area contributed by atoms with Crippen LogP contribution in [0.3, 0.4) is 0 Å². The number of nitrogens with zero attached hydrogens (tertiary/aromatic N) is 6. The summed E-state index contributed by atoms with van der Waals surface area (Å²) in [5.74, 6) is 1.72. The maximum absolute atomic E-state index is 9.57. The van der Waals surface area contributed by atoms with E-state index in [1.165, 1.54) is 21.4 Å². The van der Waals surface area contributed by atoms with Crippen LogP contribution in [0, 0.1) is 11.3 Å². The van der Waals surface area contributed by atoms with Crippen molar-refractivity contribution in [3.63, 3.8) is 0 Å². The normalized spacial score (nSPS) is 16.2. The SMILES string of the molecule is CC(C)c1nc(C[N+]2(Cc3csc(C(C)C)n3)CCCN(c3ncccc3C#N)CC2)cs1. The van der Waals surface area contributed by atoms with Gasteiger partial charge in [-0.1, -0.05) is 27.7 Å². The lowest BCUT2D eigenvalue weighted by Gasteiger charge is -2.37. The molecule has 8 heteroatoms. The van der Waals surface area contributed by atoms with Crippen molar-refractivity contribution in [1.82, 2.24) is 15.0 Å². The summed E-state index contributed by atoms with van der Waals surface area (Å²) >= 11 is 3.55. The molecule has 0 spiro atoms. The van der Waals surface area contributed by atoms with E-state index < -0.39 is 0 Å². The van der Waals surface area contributed by atoms with Gasteiger partial charge in [-0.2, -0.15) is 5.26 Å². The van der Waals surface area contributed by atoms with Crippen molar-refractivity contribution < 1.29 is 4.48 Å². The molecule has 0 amide bonds. The zero-order valence-corrected chi connectivity index (χ0v) is 21.6. The third kappa shape index (κ3) is 5.60. The van der Waals surface area contributed by atoms with E-state index in [1.54, 1.807) is 28.9 Å². The molecule has 1 aliphatic heterocycles. The summed E-state index contributed by atoms with van der Waals surface area (Å²) in [6, 6.07) is 6.01. The molecule has 0 bridgehead atoms. The van der Waals surface area contributed by atoms with Crippen molar-refractivity contribution in [1.29, 1.82) is 5.26 Å². The summed E-state index contributed by atoms with van der Waals surface area (Å²) in [7, 11) is 0. The van der Waals surface area contributed by atoms with Crippen LogP contribution >= 0.6 is 22.7 Å². The molecule has 0 aromatic carbocycles. The first kappa shape index (κ1) is 23.8. The summed E-state index contributed by atoms with van der Waals surface area (Å²) < 4.78 is 0.938. The van der Waals surface area contributed by atoms with Gasteiger partial charge in [0.15, 0.2) is 0 Å². The number of anilines is 1. The van der Waals surface area contributed by atoms with E-state index in [0.29, 0.717) is 17.4 Å². The van der Waals surface area contributed by atoms with Crippen molar-refractivity contribution in [3.05, 3.63) is 56.1 Å². The minimum Gasteiger partial charge on any atom is -0.350 e. The van der Waals surface area contributed by atoms with Gasteiger partial charge in [0.25, 0.3) is 0 Å². The molecular weight excluding hydrogens is 448 g/mol. The zero-order valence-electron chi connectivity index (χ0n) is 20.0. The fourth-order valence-electron chi connectivity index (χ4n) is 4.48. The summed E-state index contributed by atoms with van der Waals surface area (Å²) in [5.41, 5.74) is 3.03. The highest BCUT2D eigenvalue weighted by atomic mass is 32.1. The van der Waals surface area contributed by atoms with Crippen molar-refractivity contribution in [2.75, 3.05) is 31.1 Å². The smallest absolute Gasteiger partial charge is 0.146 e. The molecule has 174 valence electrons. The van der Waals surface area contributed by atoms with E-state index >= 15 is 0 Å². The minimum atomic E-state index is 0.456. The highest BCUT2D eigenvalue weighted by molar-refractivity contribution is 7.10. The second-order valence-corrected chi connectivity index (χ2v) is 11.4. The fraction of sp³-hybridized carbons (Fsp3) is 0.520. The first-order chi connectivity index (χ1) is 15.9. The van der Waals surface area contributed by atoms with E-state index in [0.717, 1.165) is 56.0 Å². The number of pyridine rings is 1. The van der Waals surface area contributed by atoms with E-state index in [1.807, 2.05) is 12.1 Å². The number of hydrogen-bond acceptors (Lipinski definition) is 7. The molecule has 0 radical (unpaired) electrons. The second kappa shape index (κ2) is 10.3. The van der Waals surface area contributed by atoms with Crippen LogP contribution in [0.4, 0.5) is 5.82 Å². The van der Waals surface area contributed by atoms with Crippen LogP contribution in [0.1, 0.15) is 72.9 Å². The average molecular weight is 482 g/mol. The van der Waals surface area contributed by atoms with Gasteiger partial charge in [0.1, 0.15) is 36.4 Å². The molecule has 3 aromatic heterocycles. The van der Waals surface area contributed by atoms with Crippen molar-refractivity contribution in [2.45, 2.75) is 59.0 Å². The van der Waals surface area contributed by atoms with Crippen molar-refractivity contribution in [2.24, 2.45) is 0 Å². The number of quaternary nitrogens is 1. The Kier molecular flexibility index (Phi) is 7.42. The maximum Gasteiger partial charge on any atom is 0.146 e. The number of thiazole rings is 2. The molecule has 0 unspecified atom stereocenters. The summed E-state index contributed by atoms with van der Waals surface area (Å²) in [4.78, 5) is 16.8. The van der Waals surface area contributed by atoms with Crippen LogP contribution in [0.5, 0.6) is 0 Å². The predicted molar refractivity (Wildman–Crippen MR) is 136 cm³/mol. The third-order valence-electron chi connectivity index (χ3n) is 6.23. The summed E-state index contributed by atoms with van der Waals surface area (Å²) in [5, 5.41) is 16.5. The zero-order chi connectivity index (χ0) is 23.4. The van der Waals surface area contributed by atoms with Crippen molar-refractivity contribution >= 4 is 28.5 Å². The van der Waals surface area contributed by atoms with Gasteiger partial charge in [0.2, 0.25) is 0 Å². The topological polar surface area (TPSA) is 65.7 Å². The Morgan fingerprint density at radius 1 is 1.00 bits per heavy atom. The largest absolute Gasteiger partial charge is 0.350 e. The number of hydrogen-bond donors (Lipinski definition) is 0. The van der Waals surface area contributed by atoms with E-state index in [4.69, 9.17) is 9.97 Å². The van der Waals surface area contributed by atoms with E-state index in [9.17, 15) is 5.26 Å². The Balaban J connectivity index is 1.61. The molecule has 4 rings (SSSR count). The van der Waals surface area contributed by atoms with Gasteiger partial charge in [0, 0.05) is 41.8 Å². The molecule has 6 nitrogen and oxygen atoms in total. The Labute approximate surface area is 205 Å². The van der Waals surface area contributed by atoms with Gasteiger partial charge >= 0.3 is 0 Å². The van der Waals surface area contributed by atoms with Gasteiger partial charge in [-0.3, -0.25) is 0 Å². The molecule has 1 fully saturated rings. The molecule has 0 N–H and O–H groups in total. The monoisotopic (exact) mass is 481 g/mol. The molecule has 33 heavy (non-hydrogen) atoms. The third-order valence-corrected chi connectivity index (χ3v) is 8.62. The molecule has 1 aliphatic rings. The minimum absolute atomic E-state index is 0.456. The predicted octanol–water partition coefficient (Wildman–Crippen LogP) is 5.54. The number of rotatable bonds is 7. The van der Waals surface area contributed by atoms with Crippen LogP contribution in [0.2, 0.25) is 0 Å². The highest BCUT2D eigenvalue weighted by Gasteiger charge is 2.34. The molecular formula is C25H33N6S2+. The van der Waals surface area contributed by atoms with Crippen LogP contribution < -0.4 is 4.90 Å². The molecule has 4 heterocycles. The van der Waals surface area contributed by atoms with Gasteiger partial charge in [-0.15, -0.1) is 22.7 Å². The quantitative estimate of drug-likeness (QED) is 0.415. The van der Waals surface area contributed by atoms with Crippen LogP contribution in [-0.2, 0) is 13.1 Å². The molecule has 3 aromatic rings. The molecule has 0 atom stereocenters. The van der Waals surface area contributed by atoms with Crippen LogP contribution in [-0.4, -0.2) is 45.6 Å². The molecule has 0 aliphatic carbocycles. The first-order valence-electron chi connectivity index (χ1n) is 11.7. The standard InChI is InChI=1S/C25H33N6S2/c1-18(2)24-28-21(16-32-24)14-31(15-22-17-33-25(29-22)19(3)4)11-6-9-30(10-12-31)23-20(13-26)7-5-8-27-23/h5,7-8,16-19H,6,9-12,14-15H2,1-4H3/q+1. The summed E-state index contributed by atoms with van der Waals surface area (Å²) in [6.07, 6.45) is 2.83. The maximum atomic E-state index is 9.57. The Morgan fingerprint density at radius 3 is 2.18 bits per heavy atom. The van der Waals surface area contributed by atoms with Crippen molar-refractivity contribution in [3.8, 4) is 6.07 Å². The Hall–Kier alpha value is -2.34. The van der Waals surface area contributed by atoms with E-state index in [-0.39, 0.29) is 0 Å². The van der Waals surface area contributed by atoms with E-state index in [2.05, 4.69) is 54.4 Å². The van der Waals surface area contributed by atoms with Gasteiger partial charge < -0.3 is 9.38 Å².